The molecule has 31 heavy (non-hydrogen) atoms. The summed E-state index contributed by atoms with van der Waals surface area (Å²) >= 11 is 0. The lowest BCUT2D eigenvalue weighted by Crippen LogP contribution is -2.49. The van der Waals surface area contributed by atoms with Crippen molar-refractivity contribution in [2.75, 3.05) is 52.9 Å². The van der Waals surface area contributed by atoms with Crippen LogP contribution in [-0.4, -0.2) is 90.5 Å². The number of carbonyl (C=O) groups excluding carboxylic acids is 2. The van der Waals surface area contributed by atoms with Crippen LogP contribution in [0.25, 0.3) is 0 Å². The van der Waals surface area contributed by atoms with Gasteiger partial charge in [-0.05, 0) is 55.5 Å². The largest absolute Gasteiger partial charge is 0.497 e. The Balaban J connectivity index is 1.60. The number of carboxylic acid groups (broad SMARTS) is 1. The Bertz CT molecular complexity index is 774. The van der Waals surface area contributed by atoms with Crippen molar-refractivity contribution in [3.8, 4) is 5.75 Å². The molecule has 2 unspecified atom stereocenters. The molecule has 8 heteroatoms. The van der Waals surface area contributed by atoms with Crippen molar-refractivity contribution in [3.05, 3.63) is 29.8 Å². The Morgan fingerprint density at radius 2 is 1.68 bits per heavy atom. The number of carboxylic acids is 1. The Morgan fingerprint density at radius 1 is 1.00 bits per heavy atom. The van der Waals surface area contributed by atoms with E-state index in [1.807, 2.05) is 9.80 Å². The van der Waals surface area contributed by atoms with E-state index in [9.17, 15) is 19.5 Å². The predicted molar refractivity (Wildman–Crippen MR) is 116 cm³/mol. The number of piperidine rings is 1. The van der Waals surface area contributed by atoms with Gasteiger partial charge in [-0.1, -0.05) is 0 Å². The number of aliphatic carboxylic acids is 1. The summed E-state index contributed by atoms with van der Waals surface area (Å²) in [5, 5.41) is 9.34. The van der Waals surface area contributed by atoms with Crippen LogP contribution >= 0.6 is 0 Å². The van der Waals surface area contributed by atoms with E-state index in [-0.39, 0.29) is 30.1 Å². The SMILES string of the molecule is COc1ccc(C(=O)N2CCC(CC(=O)O)C(CCN3CCN(C(C)=O)CC3)C2)cc1. The maximum atomic E-state index is 13.0. The van der Waals surface area contributed by atoms with Gasteiger partial charge >= 0.3 is 5.97 Å². The van der Waals surface area contributed by atoms with E-state index in [4.69, 9.17) is 4.74 Å². The zero-order valence-electron chi connectivity index (χ0n) is 18.5. The first-order chi connectivity index (χ1) is 14.9. The molecular weight excluding hydrogens is 398 g/mol. The minimum Gasteiger partial charge on any atom is -0.497 e. The molecule has 1 N–H and O–H groups in total. The van der Waals surface area contributed by atoms with Crippen molar-refractivity contribution < 1.29 is 24.2 Å². The molecule has 3 rings (SSSR count). The highest BCUT2D eigenvalue weighted by Gasteiger charge is 2.33. The lowest BCUT2D eigenvalue weighted by Gasteiger charge is -2.40. The molecule has 170 valence electrons. The Kier molecular flexibility index (Phi) is 7.90. The topological polar surface area (TPSA) is 90.4 Å². The van der Waals surface area contributed by atoms with Crippen molar-refractivity contribution in [3.63, 3.8) is 0 Å². The van der Waals surface area contributed by atoms with Gasteiger partial charge in [-0.15, -0.1) is 0 Å². The van der Waals surface area contributed by atoms with E-state index in [1.54, 1.807) is 38.3 Å². The number of amides is 2. The molecule has 0 radical (unpaired) electrons. The van der Waals surface area contributed by atoms with Crippen LogP contribution in [0.15, 0.2) is 24.3 Å². The van der Waals surface area contributed by atoms with Gasteiger partial charge in [0.25, 0.3) is 5.91 Å². The highest BCUT2D eigenvalue weighted by atomic mass is 16.5. The number of hydrogen-bond donors (Lipinski definition) is 1. The highest BCUT2D eigenvalue weighted by molar-refractivity contribution is 5.94. The highest BCUT2D eigenvalue weighted by Crippen LogP contribution is 2.30. The summed E-state index contributed by atoms with van der Waals surface area (Å²) in [6.07, 6.45) is 1.70. The minimum atomic E-state index is -0.778. The molecule has 2 fully saturated rings. The second-order valence-corrected chi connectivity index (χ2v) is 8.52. The van der Waals surface area contributed by atoms with E-state index in [0.717, 1.165) is 39.1 Å². The van der Waals surface area contributed by atoms with Gasteiger partial charge in [0, 0.05) is 58.2 Å². The fourth-order valence-corrected chi connectivity index (χ4v) is 4.64. The summed E-state index contributed by atoms with van der Waals surface area (Å²) in [7, 11) is 1.59. The van der Waals surface area contributed by atoms with E-state index < -0.39 is 5.97 Å². The standard InChI is InChI=1S/C23H33N3O5/c1-17(27)25-13-11-24(12-14-25)9-7-20-16-26(10-8-19(20)15-22(28)29)23(30)18-3-5-21(31-2)6-4-18/h3-6,19-20H,7-16H2,1-2H3,(H,28,29). The first kappa shape index (κ1) is 23.1. The van der Waals surface area contributed by atoms with Gasteiger partial charge < -0.3 is 19.6 Å². The van der Waals surface area contributed by atoms with Gasteiger partial charge in [-0.25, -0.2) is 0 Å². The maximum absolute atomic E-state index is 13.0. The lowest BCUT2D eigenvalue weighted by molar-refractivity contribution is -0.139. The van der Waals surface area contributed by atoms with Gasteiger partial charge in [-0.3, -0.25) is 19.3 Å². The predicted octanol–water partition coefficient (Wildman–Crippen LogP) is 1.80. The molecule has 2 atom stereocenters. The second-order valence-electron chi connectivity index (χ2n) is 8.52. The average Bonchev–Trinajstić information content (AvgIpc) is 2.78. The molecule has 2 heterocycles. The van der Waals surface area contributed by atoms with Gasteiger partial charge in [-0.2, -0.15) is 0 Å². The van der Waals surface area contributed by atoms with Crippen LogP contribution in [0, 0.1) is 11.8 Å². The summed E-state index contributed by atoms with van der Waals surface area (Å²) in [4.78, 5) is 41.9. The van der Waals surface area contributed by atoms with E-state index in [1.165, 1.54) is 0 Å². The van der Waals surface area contributed by atoms with Crippen LogP contribution in [0.4, 0.5) is 0 Å². The van der Waals surface area contributed by atoms with Gasteiger partial charge in [0.1, 0.15) is 5.75 Å². The normalized spacial score (nSPS) is 22.3. The van der Waals surface area contributed by atoms with Crippen molar-refractivity contribution >= 4 is 17.8 Å². The molecule has 0 aromatic heterocycles. The van der Waals surface area contributed by atoms with Crippen LogP contribution in [0.1, 0.15) is 36.5 Å². The number of rotatable bonds is 7. The number of hydrogen-bond acceptors (Lipinski definition) is 5. The zero-order valence-corrected chi connectivity index (χ0v) is 18.5. The molecule has 1 aromatic carbocycles. The third-order valence-electron chi connectivity index (χ3n) is 6.59. The van der Waals surface area contributed by atoms with Crippen LogP contribution < -0.4 is 4.74 Å². The molecule has 2 amide bonds. The van der Waals surface area contributed by atoms with Crippen molar-refractivity contribution in [1.82, 2.24) is 14.7 Å². The molecular formula is C23H33N3O5. The number of nitrogens with zero attached hydrogens (tertiary/aromatic N) is 3. The summed E-state index contributed by atoms with van der Waals surface area (Å²) < 4.78 is 5.16. The zero-order chi connectivity index (χ0) is 22.4. The van der Waals surface area contributed by atoms with E-state index >= 15 is 0 Å². The monoisotopic (exact) mass is 431 g/mol. The van der Waals surface area contributed by atoms with Gasteiger partial charge in [0.05, 0.1) is 7.11 Å². The second kappa shape index (κ2) is 10.6. The number of ether oxygens (including phenoxy) is 1. The third kappa shape index (κ3) is 6.19. The Morgan fingerprint density at radius 3 is 2.26 bits per heavy atom. The summed E-state index contributed by atoms with van der Waals surface area (Å²) in [6, 6.07) is 7.10. The smallest absolute Gasteiger partial charge is 0.303 e. The summed E-state index contributed by atoms with van der Waals surface area (Å²) in [5.74, 6) is 0.255. The van der Waals surface area contributed by atoms with E-state index in [0.29, 0.717) is 30.8 Å². The number of likely N-dealkylation sites (tertiary alicyclic amines) is 1. The fraction of sp³-hybridized carbons (Fsp3) is 0.609. The fourth-order valence-electron chi connectivity index (χ4n) is 4.64. The maximum Gasteiger partial charge on any atom is 0.303 e. The average molecular weight is 432 g/mol. The molecule has 0 aliphatic carbocycles. The van der Waals surface area contributed by atoms with Crippen molar-refractivity contribution in [2.24, 2.45) is 11.8 Å². The third-order valence-corrected chi connectivity index (χ3v) is 6.59. The number of piperazine rings is 1. The lowest BCUT2D eigenvalue weighted by atomic mass is 9.81. The van der Waals surface area contributed by atoms with Crippen LogP contribution in [0.2, 0.25) is 0 Å². The molecule has 0 saturated carbocycles. The van der Waals surface area contributed by atoms with Crippen molar-refractivity contribution in [2.45, 2.75) is 26.2 Å². The number of methoxy groups -OCH3 is 1. The minimum absolute atomic E-state index is 0.0171. The molecule has 2 saturated heterocycles. The van der Waals surface area contributed by atoms with Crippen LogP contribution in [-0.2, 0) is 9.59 Å². The quantitative estimate of drug-likeness (QED) is 0.708. The molecule has 8 nitrogen and oxygen atoms in total. The Hall–Kier alpha value is -2.61. The number of carbonyl (C=O) groups is 3. The summed E-state index contributed by atoms with van der Waals surface area (Å²) in [6.45, 7) is 6.77. The van der Waals surface area contributed by atoms with Crippen LogP contribution in [0.5, 0.6) is 5.75 Å². The van der Waals surface area contributed by atoms with Gasteiger partial charge in [0.2, 0.25) is 5.91 Å². The first-order valence-electron chi connectivity index (χ1n) is 11.0. The van der Waals surface area contributed by atoms with Crippen LogP contribution in [0.3, 0.4) is 0 Å². The van der Waals surface area contributed by atoms with E-state index in [2.05, 4.69) is 4.90 Å². The number of benzene rings is 1. The molecule has 1 aromatic rings. The molecule has 0 spiro atoms. The van der Waals surface area contributed by atoms with Crippen molar-refractivity contribution in [1.29, 1.82) is 0 Å². The molecule has 2 aliphatic rings. The van der Waals surface area contributed by atoms with Gasteiger partial charge in [0.15, 0.2) is 0 Å². The first-order valence-corrected chi connectivity index (χ1v) is 11.0. The Labute approximate surface area is 183 Å². The molecule has 0 bridgehead atoms. The molecule has 2 aliphatic heterocycles. The summed E-state index contributed by atoms with van der Waals surface area (Å²) in [5.41, 5.74) is 0.622.